The van der Waals surface area contributed by atoms with Crippen LogP contribution in [0.25, 0.3) is 0 Å². The molecular formula is C22H26N2O3S2. The van der Waals surface area contributed by atoms with Crippen LogP contribution >= 0.6 is 11.8 Å². The zero-order chi connectivity index (χ0) is 20.4. The van der Waals surface area contributed by atoms with Crippen LogP contribution in [0.4, 0.5) is 5.69 Å². The third kappa shape index (κ3) is 4.68. The molecule has 0 aliphatic carbocycles. The fourth-order valence-electron chi connectivity index (χ4n) is 4.04. The Hall–Kier alpha value is -1.83. The van der Waals surface area contributed by atoms with E-state index >= 15 is 0 Å². The molecular weight excluding hydrogens is 404 g/mol. The highest BCUT2D eigenvalue weighted by atomic mass is 32.2. The number of carbonyl (C=O) groups excluding carboxylic acids is 1. The van der Waals surface area contributed by atoms with Crippen LogP contribution in [0.5, 0.6) is 0 Å². The summed E-state index contributed by atoms with van der Waals surface area (Å²) >= 11 is 1.60. The molecule has 1 amide bonds. The molecule has 2 aromatic rings. The normalized spacial score (nSPS) is 21.3. The maximum absolute atomic E-state index is 13.2. The smallest absolute Gasteiger partial charge is 0.243 e. The first-order valence-electron chi connectivity index (χ1n) is 10.1. The number of amides is 1. The quantitative estimate of drug-likeness (QED) is 0.791. The van der Waals surface area contributed by atoms with Gasteiger partial charge in [0.15, 0.2) is 0 Å². The first kappa shape index (κ1) is 20.4. The number of fused-ring (bicyclic) bond motifs is 1. The molecule has 1 saturated heterocycles. The van der Waals surface area contributed by atoms with Gasteiger partial charge in [-0.15, -0.1) is 11.8 Å². The summed E-state index contributed by atoms with van der Waals surface area (Å²) < 4.78 is 27.9. The van der Waals surface area contributed by atoms with Gasteiger partial charge >= 0.3 is 0 Å². The van der Waals surface area contributed by atoms with Crippen molar-refractivity contribution in [3.63, 3.8) is 0 Å². The number of nitrogens with zero attached hydrogens (tertiary/aromatic N) is 1. The second kappa shape index (κ2) is 8.50. The molecule has 1 unspecified atom stereocenters. The lowest BCUT2D eigenvalue weighted by Crippen LogP contribution is -2.38. The van der Waals surface area contributed by atoms with E-state index < -0.39 is 10.0 Å². The Morgan fingerprint density at radius 2 is 1.83 bits per heavy atom. The topological polar surface area (TPSA) is 66.5 Å². The summed E-state index contributed by atoms with van der Waals surface area (Å²) in [4.78, 5) is 13.2. The van der Waals surface area contributed by atoms with Crippen molar-refractivity contribution in [2.24, 2.45) is 5.92 Å². The lowest BCUT2D eigenvalue weighted by atomic mass is 9.91. The van der Waals surface area contributed by atoms with Crippen molar-refractivity contribution in [3.05, 3.63) is 54.1 Å². The number of rotatable bonds is 4. The number of hydrogen-bond acceptors (Lipinski definition) is 4. The average molecular weight is 431 g/mol. The lowest BCUT2D eigenvalue weighted by molar-refractivity contribution is -0.116. The molecule has 1 atom stereocenters. The van der Waals surface area contributed by atoms with E-state index in [1.807, 2.05) is 31.2 Å². The standard InChI is InChI=1S/C22H26N2O3S2/c1-16-13-22(25)23-20-15-19(7-8-21(20)28-16)29(26,27)24-11-9-18(10-12-24)14-17-5-3-2-4-6-17/h2-8,15-16,18H,9-14H2,1H3,(H,23,25). The molecule has 2 heterocycles. The fourth-order valence-corrected chi connectivity index (χ4v) is 6.59. The third-order valence-corrected chi connectivity index (χ3v) is 8.68. The Morgan fingerprint density at radius 3 is 2.55 bits per heavy atom. The highest BCUT2D eigenvalue weighted by molar-refractivity contribution is 8.00. The molecule has 29 heavy (non-hydrogen) atoms. The second-order valence-corrected chi connectivity index (χ2v) is 11.3. The summed E-state index contributed by atoms with van der Waals surface area (Å²) in [6.07, 6.45) is 3.15. The van der Waals surface area contributed by atoms with Crippen LogP contribution in [0, 0.1) is 5.92 Å². The molecule has 1 N–H and O–H groups in total. The first-order chi connectivity index (χ1) is 13.9. The van der Waals surface area contributed by atoms with Gasteiger partial charge in [0.2, 0.25) is 15.9 Å². The predicted molar refractivity (Wildman–Crippen MR) is 117 cm³/mol. The maximum Gasteiger partial charge on any atom is 0.243 e. The first-order valence-corrected chi connectivity index (χ1v) is 12.4. The second-order valence-electron chi connectivity index (χ2n) is 7.88. The molecule has 0 aromatic heterocycles. The minimum Gasteiger partial charge on any atom is -0.325 e. The Bertz CT molecular complexity index is 984. The number of sulfonamides is 1. The van der Waals surface area contributed by atoms with Crippen LogP contribution in [0.2, 0.25) is 0 Å². The number of thioether (sulfide) groups is 1. The number of anilines is 1. The van der Waals surface area contributed by atoms with Crippen molar-refractivity contribution in [2.75, 3.05) is 18.4 Å². The van der Waals surface area contributed by atoms with E-state index in [2.05, 4.69) is 17.4 Å². The van der Waals surface area contributed by atoms with Gasteiger partial charge in [-0.05, 0) is 48.9 Å². The molecule has 154 valence electrons. The molecule has 2 aromatic carbocycles. The average Bonchev–Trinajstić information content (AvgIpc) is 2.84. The van der Waals surface area contributed by atoms with E-state index in [4.69, 9.17) is 0 Å². The van der Waals surface area contributed by atoms with Gasteiger partial charge in [-0.25, -0.2) is 8.42 Å². The van der Waals surface area contributed by atoms with Gasteiger partial charge in [0, 0.05) is 29.7 Å². The van der Waals surface area contributed by atoms with Crippen molar-refractivity contribution in [3.8, 4) is 0 Å². The summed E-state index contributed by atoms with van der Waals surface area (Å²) in [5, 5.41) is 3.03. The summed E-state index contributed by atoms with van der Waals surface area (Å²) in [6.45, 7) is 3.08. The van der Waals surface area contributed by atoms with Crippen molar-refractivity contribution in [1.29, 1.82) is 0 Å². The van der Waals surface area contributed by atoms with Crippen LogP contribution in [0.1, 0.15) is 31.7 Å². The molecule has 2 aliphatic heterocycles. The van der Waals surface area contributed by atoms with Crippen LogP contribution in [-0.2, 0) is 21.2 Å². The van der Waals surface area contributed by atoms with Gasteiger partial charge in [0.25, 0.3) is 0 Å². The molecule has 0 saturated carbocycles. The zero-order valence-corrected chi connectivity index (χ0v) is 18.1. The van der Waals surface area contributed by atoms with Gasteiger partial charge in [0.1, 0.15) is 0 Å². The van der Waals surface area contributed by atoms with Gasteiger partial charge in [-0.3, -0.25) is 4.79 Å². The molecule has 1 fully saturated rings. The van der Waals surface area contributed by atoms with E-state index in [1.54, 1.807) is 28.2 Å². The van der Waals surface area contributed by atoms with E-state index in [0.717, 1.165) is 24.2 Å². The molecule has 5 nitrogen and oxygen atoms in total. The minimum atomic E-state index is -3.56. The third-order valence-electron chi connectivity index (χ3n) is 5.60. The number of benzene rings is 2. The number of piperidine rings is 1. The summed E-state index contributed by atoms with van der Waals surface area (Å²) in [7, 11) is -3.56. The number of hydrogen-bond donors (Lipinski definition) is 1. The summed E-state index contributed by atoms with van der Waals surface area (Å²) in [5.74, 6) is 0.438. The molecule has 4 rings (SSSR count). The highest BCUT2D eigenvalue weighted by Crippen LogP contribution is 2.37. The Labute approximate surface area is 176 Å². The number of nitrogens with one attached hydrogen (secondary N) is 1. The summed E-state index contributed by atoms with van der Waals surface area (Å²) in [6, 6.07) is 15.5. The molecule has 0 bridgehead atoms. The molecule has 7 heteroatoms. The highest BCUT2D eigenvalue weighted by Gasteiger charge is 2.30. The zero-order valence-electron chi connectivity index (χ0n) is 16.5. The lowest BCUT2D eigenvalue weighted by Gasteiger charge is -2.31. The van der Waals surface area contributed by atoms with Gasteiger partial charge in [-0.2, -0.15) is 4.31 Å². The Kier molecular flexibility index (Phi) is 5.99. The van der Waals surface area contributed by atoms with Gasteiger partial charge in [0.05, 0.1) is 10.6 Å². The van der Waals surface area contributed by atoms with Crippen LogP contribution in [0.3, 0.4) is 0 Å². The van der Waals surface area contributed by atoms with Crippen molar-refractivity contribution < 1.29 is 13.2 Å². The van der Waals surface area contributed by atoms with E-state index in [1.165, 1.54) is 5.56 Å². The monoisotopic (exact) mass is 430 g/mol. The Morgan fingerprint density at radius 1 is 1.10 bits per heavy atom. The molecule has 0 spiro atoms. The SMILES string of the molecule is CC1CC(=O)Nc2cc(S(=O)(=O)N3CCC(Cc4ccccc4)CC3)ccc2S1. The van der Waals surface area contributed by atoms with E-state index in [-0.39, 0.29) is 16.1 Å². The molecule has 0 radical (unpaired) electrons. The van der Waals surface area contributed by atoms with E-state index in [9.17, 15) is 13.2 Å². The van der Waals surface area contributed by atoms with Crippen molar-refractivity contribution in [2.45, 2.75) is 47.6 Å². The van der Waals surface area contributed by atoms with Crippen molar-refractivity contribution >= 4 is 33.4 Å². The summed E-state index contributed by atoms with van der Waals surface area (Å²) in [5.41, 5.74) is 1.91. The van der Waals surface area contributed by atoms with E-state index in [0.29, 0.717) is 31.1 Å². The van der Waals surface area contributed by atoms with Crippen LogP contribution < -0.4 is 5.32 Å². The Balaban J connectivity index is 1.46. The fraction of sp³-hybridized carbons (Fsp3) is 0.409. The van der Waals surface area contributed by atoms with Gasteiger partial charge < -0.3 is 5.32 Å². The van der Waals surface area contributed by atoms with Crippen LogP contribution in [-0.4, -0.2) is 37.0 Å². The van der Waals surface area contributed by atoms with Crippen molar-refractivity contribution in [1.82, 2.24) is 4.31 Å². The largest absolute Gasteiger partial charge is 0.325 e. The predicted octanol–water partition coefficient (Wildman–Crippen LogP) is 4.15. The van der Waals surface area contributed by atoms with Crippen LogP contribution in [0.15, 0.2) is 58.3 Å². The molecule has 2 aliphatic rings. The van der Waals surface area contributed by atoms with Gasteiger partial charge in [-0.1, -0.05) is 37.3 Å². The minimum absolute atomic E-state index is 0.0694. The number of carbonyl (C=O) groups is 1. The maximum atomic E-state index is 13.2.